The van der Waals surface area contributed by atoms with Crippen molar-refractivity contribution in [3.8, 4) is 16.4 Å². The van der Waals surface area contributed by atoms with Gasteiger partial charge in [-0.1, -0.05) is 18.2 Å². The molecule has 13 nitrogen and oxygen atoms in total. The number of aromatic nitrogens is 6. The molecule has 6 aromatic rings. The van der Waals surface area contributed by atoms with Crippen LogP contribution in [0.25, 0.3) is 21.6 Å². The lowest BCUT2D eigenvalue weighted by Gasteiger charge is -2.13. The van der Waals surface area contributed by atoms with E-state index in [0.29, 0.717) is 56.5 Å². The monoisotopic (exact) mass is 844 g/mol. The van der Waals surface area contributed by atoms with Crippen LogP contribution in [0.3, 0.4) is 0 Å². The van der Waals surface area contributed by atoms with Crippen LogP contribution in [-0.2, 0) is 9.53 Å². The van der Waals surface area contributed by atoms with Crippen LogP contribution in [0.1, 0.15) is 58.5 Å². The molecule has 0 bridgehead atoms. The fraction of sp³-hybridized carbons (Fsp3) is 0.289. The summed E-state index contributed by atoms with van der Waals surface area (Å²) in [5.74, 6) is 1.95. The molecule has 15 heteroatoms. The fourth-order valence-electron chi connectivity index (χ4n) is 6.22. The number of nitrogens with zero attached hydrogens (tertiary/aromatic N) is 6. The number of carbonyl (C=O) groups excluding carboxylic acids is 1. The third-order valence-corrected chi connectivity index (χ3v) is 10.9. The molecule has 1 aliphatic heterocycles. The minimum absolute atomic E-state index is 0.113. The van der Waals surface area contributed by atoms with Crippen molar-refractivity contribution in [2.75, 3.05) is 26.4 Å². The number of rotatable bonds is 13. The number of aromatic amines is 1. The van der Waals surface area contributed by atoms with Gasteiger partial charge in [0.25, 0.3) is 5.56 Å². The van der Waals surface area contributed by atoms with Crippen molar-refractivity contribution in [1.82, 2.24) is 34.6 Å². The maximum Gasteiger partial charge on any atom is 0.332 e. The van der Waals surface area contributed by atoms with Gasteiger partial charge in [0.15, 0.2) is 5.82 Å². The molecular weight excluding hydrogens is 807 g/mol. The largest absolute Gasteiger partial charge is 0.493 e. The first kappa shape index (κ1) is 36.4. The number of amides is 1. The Kier molecular flexibility index (Phi) is 10.9. The number of ether oxygens (including phenoxy) is 2. The first-order valence-electron chi connectivity index (χ1n) is 17.2. The van der Waals surface area contributed by atoms with E-state index < -0.39 is 17.3 Å². The molecule has 1 amide bonds. The van der Waals surface area contributed by atoms with Gasteiger partial charge in [0.2, 0.25) is 5.91 Å². The van der Waals surface area contributed by atoms with E-state index in [2.05, 4.69) is 90.8 Å². The number of hydrogen-bond donors (Lipinski definition) is 2. The lowest BCUT2D eigenvalue weighted by molar-refractivity contribution is -0.121. The van der Waals surface area contributed by atoms with Gasteiger partial charge in [0.05, 0.1) is 36.1 Å². The number of H-pyrrole nitrogens is 1. The molecule has 0 radical (unpaired) electrons. The van der Waals surface area contributed by atoms with Crippen molar-refractivity contribution in [1.29, 1.82) is 0 Å². The molecule has 0 saturated heterocycles. The van der Waals surface area contributed by atoms with E-state index in [9.17, 15) is 14.4 Å². The van der Waals surface area contributed by atoms with Gasteiger partial charge in [0, 0.05) is 63.4 Å². The molecule has 272 valence electrons. The summed E-state index contributed by atoms with van der Waals surface area (Å²) in [5, 5.41) is 13.7. The standard InChI is InChI=1S/C38H37IN8O5S/c1-22-23(2)53-37-34(22)35(25-9-11-26(39)12-10-25)42-30(36-45-44-24(3)47(36)37)20-33(49)40-14-5-16-51-17-6-18-52-31-8-4-7-29-28(31)19-27(21-41-29)46-15-13-32(48)43-38(46)50/h4,7-13,15,19,21,30H,5-6,14,16-18,20H2,1-3H3,(H,40,49)(H,43,48,50)/t30-/m0/s1. The van der Waals surface area contributed by atoms with E-state index in [1.165, 1.54) is 27.3 Å². The van der Waals surface area contributed by atoms with Crippen LogP contribution in [0.2, 0.25) is 0 Å². The minimum Gasteiger partial charge on any atom is -0.493 e. The lowest BCUT2D eigenvalue weighted by Crippen LogP contribution is -2.27. The van der Waals surface area contributed by atoms with Gasteiger partial charge in [-0.3, -0.25) is 33.7 Å². The van der Waals surface area contributed by atoms with Crippen molar-refractivity contribution in [3.05, 3.63) is 125 Å². The molecule has 7 rings (SSSR count). The van der Waals surface area contributed by atoms with E-state index in [1.807, 2.05) is 25.1 Å². The Hall–Kier alpha value is -5.00. The molecule has 53 heavy (non-hydrogen) atoms. The maximum atomic E-state index is 13.3. The highest BCUT2D eigenvalue weighted by Gasteiger charge is 2.32. The number of halogens is 1. The number of hydrogen-bond acceptors (Lipinski definition) is 10. The average molecular weight is 845 g/mol. The summed E-state index contributed by atoms with van der Waals surface area (Å²) in [6.07, 6.45) is 4.44. The van der Waals surface area contributed by atoms with Crippen molar-refractivity contribution >= 4 is 56.4 Å². The Labute approximate surface area is 322 Å². The molecule has 0 saturated carbocycles. The fourth-order valence-corrected chi connectivity index (χ4v) is 7.79. The van der Waals surface area contributed by atoms with E-state index in [0.717, 1.165) is 42.1 Å². The number of aliphatic imine (C=N–C) groups is 1. The van der Waals surface area contributed by atoms with Crippen LogP contribution in [0, 0.1) is 24.3 Å². The summed E-state index contributed by atoms with van der Waals surface area (Å²) in [4.78, 5) is 50.2. The molecule has 0 unspecified atom stereocenters. The zero-order valence-corrected chi connectivity index (χ0v) is 32.4. The van der Waals surface area contributed by atoms with Gasteiger partial charge in [-0.25, -0.2) is 4.79 Å². The molecule has 4 aromatic heterocycles. The second-order valence-electron chi connectivity index (χ2n) is 12.6. The second-order valence-corrected chi connectivity index (χ2v) is 15.1. The average Bonchev–Trinajstić information content (AvgIpc) is 3.62. The number of thiophene rings is 1. The summed E-state index contributed by atoms with van der Waals surface area (Å²) < 4.78 is 16.4. The number of aryl methyl sites for hydroxylation is 2. The van der Waals surface area contributed by atoms with Crippen molar-refractivity contribution < 1.29 is 14.3 Å². The first-order chi connectivity index (χ1) is 25.7. The molecule has 0 spiro atoms. The summed E-state index contributed by atoms with van der Waals surface area (Å²) in [5.41, 5.74) is 4.32. The van der Waals surface area contributed by atoms with Crippen LogP contribution in [-0.4, -0.2) is 67.3 Å². The minimum atomic E-state index is -0.544. The molecule has 0 fully saturated rings. The van der Waals surface area contributed by atoms with E-state index in [1.54, 1.807) is 23.6 Å². The summed E-state index contributed by atoms with van der Waals surface area (Å²) in [7, 11) is 0. The summed E-state index contributed by atoms with van der Waals surface area (Å²) in [6.45, 7) is 8.04. The summed E-state index contributed by atoms with van der Waals surface area (Å²) in [6, 6.07) is 16.5. The number of pyridine rings is 1. The van der Waals surface area contributed by atoms with Crippen LogP contribution in [0.4, 0.5) is 0 Å². The number of benzene rings is 2. The number of nitrogens with one attached hydrogen (secondary N) is 2. The Morgan fingerprint density at radius 1 is 1.02 bits per heavy atom. The van der Waals surface area contributed by atoms with Gasteiger partial charge >= 0.3 is 5.69 Å². The predicted molar refractivity (Wildman–Crippen MR) is 212 cm³/mol. The highest BCUT2D eigenvalue weighted by Crippen LogP contribution is 2.39. The lowest BCUT2D eigenvalue weighted by atomic mass is 9.99. The van der Waals surface area contributed by atoms with Crippen molar-refractivity contribution in [3.63, 3.8) is 0 Å². The maximum absolute atomic E-state index is 13.3. The number of carbonyl (C=O) groups is 1. The SMILES string of the molecule is Cc1sc2c(c1C)C(c1ccc(I)cc1)=N[C@@H](CC(=O)NCCCOCCCOc1cccc3ncc(-n4ccc(=O)[nH]c4=O)cc13)c1nnc(C)n1-2. The zero-order valence-electron chi connectivity index (χ0n) is 29.4. The van der Waals surface area contributed by atoms with Gasteiger partial charge in [-0.15, -0.1) is 21.5 Å². The zero-order chi connectivity index (χ0) is 37.1. The van der Waals surface area contributed by atoms with Gasteiger partial charge < -0.3 is 14.8 Å². The third-order valence-electron chi connectivity index (χ3n) is 8.99. The van der Waals surface area contributed by atoms with E-state index in [-0.39, 0.29) is 12.3 Å². The Bertz CT molecular complexity index is 2450. The third kappa shape index (κ3) is 7.87. The van der Waals surface area contributed by atoms with Gasteiger partial charge in [0.1, 0.15) is 22.6 Å². The molecule has 0 aliphatic carbocycles. The first-order valence-corrected chi connectivity index (χ1v) is 19.1. The molecule has 2 N–H and O–H groups in total. The highest BCUT2D eigenvalue weighted by atomic mass is 127. The molecule has 1 atom stereocenters. The number of fused-ring (bicyclic) bond motifs is 4. The van der Waals surface area contributed by atoms with Gasteiger partial charge in [-0.2, -0.15) is 0 Å². The Morgan fingerprint density at radius 3 is 2.64 bits per heavy atom. The second kappa shape index (κ2) is 15.9. The predicted octanol–water partition coefficient (Wildman–Crippen LogP) is 5.52. The molecule has 1 aliphatic rings. The smallest absolute Gasteiger partial charge is 0.332 e. The Morgan fingerprint density at radius 2 is 1.83 bits per heavy atom. The van der Waals surface area contributed by atoms with Crippen LogP contribution >= 0.6 is 33.9 Å². The van der Waals surface area contributed by atoms with Crippen LogP contribution in [0.15, 0.2) is 81.6 Å². The molecular formula is C38H37IN8O5S. The van der Waals surface area contributed by atoms with Crippen LogP contribution < -0.4 is 21.3 Å². The highest BCUT2D eigenvalue weighted by molar-refractivity contribution is 14.1. The van der Waals surface area contributed by atoms with Crippen molar-refractivity contribution in [2.24, 2.45) is 4.99 Å². The van der Waals surface area contributed by atoms with Gasteiger partial charge in [-0.05, 0) is 85.7 Å². The Balaban J connectivity index is 0.907. The van der Waals surface area contributed by atoms with Crippen LogP contribution in [0.5, 0.6) is 5.75 Å². The molecule has 5 heterocycles. The van der Waals surface area contributed by atoms with E-state index >= 15 is 0 Å². The topological polar surface area (TPSA) is 158 Å². The molecule has 2 aromatic carbocycles. The summed E-state index contributed by atoms with van der Waals surface area (Å²) >= 11 is 4.00. The van der Waals surface area contributed by atoms with E-state index in [4.69, 9.17) is 14.5 Å². The van der Waals surface area contributed by atoms with Crippen molar-refractivity contribution in [2.45, 2.75) is 46.1 Å². The quantitative estimate of drug-likeness (QED) is 0.114. The normalized spacial score (nSPS) is 13.7.